The third kappa shape index (κ3) is 13.8. The van der Waals surface area contributed by atoms with Gasteiger partial charge >= 0.3 is 5.97 Å². The first-order chi connectivity index (χ1) is 28.8. The molecule has 2 fully saturated rings. The highest BCUT2D eigenvalue weighted by molar-refractivity contribution is 6.25. The van der Waals surface area contributed by atoms with E-state index in [0.717, 1.165) is 37.8 Å². The maximum Gasteiger partial charge on any atom is 0.344 e. The number of nitrogens with zero attached hydrogens (tertiary/aromatic N) is 2. The number of benzene rings is 2. The van der Waals surface area contributed by atoms with Crippen LogP contribution in [-0.4, -0.2) is 76.8 Å². The molecule has 2 saturated heterocycles. The first-order valence-electron chi connectivity index (χ1n) is 21.6. The molecule has 1 unspecified atom stereocenters. The maximum atomic E-state index is 14.3. The van der Waals surface area contributed by atoms with E-state index in [-0.39, 0.29) is 42.4 Å². The molecule has 3 atom stereocenters. The minimum Gasteiger partial charge on any atom is -0.417 e. The van der Waals surface area contributed by atoms with Crippen LogP contribution in [0.15, 0.2) is 66.1 Å². The number of carbonyl (C=O) groups excluding carboxylic acids is 4. The van der Waals surface area contributed by atoms with Crippen LogP contribution in [0.2, 0.25) is 0 Å². The van der Waals surface area contributed by atoms with Gasteiger partial charge in [0.25, 0.3) is 5.91 Å². The smallest absolute Gasteiger partial charge is 0.344 e. The number of aliphatic hydroxyl groups is 1. The van der Waals surface area contributed by atoms with E-state index in [0.29, 0.717) is 18.1 Å². The number of piperazine rings is 1. The molecule has 0 radical (unpaired) electrons. The summed E-state index contributed by atoms with van der Waals surface area (Å²) in [4.78, 5) is 56.9. The van der Waals surface area contributed by atoms with Crippen LogP contribution in [0.5, 0.6) is 0 Å². The number of ether oxygens (including phenoxy) is 2. The predicted molar refractivity (Wildman–Crippen MR) is 225 cm³/mol. The summed E-state index contributed by atoms with van der Waals surface area (Å²) in [7, 11) is 1.51. The lowest BCUT2D eigenvalue weighted by Crippen LogP contribution is -2.68. The summed E-state index contributed by atoms with van der Waals surface area (Å²) in [5, 5.41) is 16.9. The van der Waals surface area contributed by atoms with Crippen LogP contribution >= 0.6 is 0 Å². The lowest BCUT2D eigenvalue weighted by molar-refractivity contribution is -0.174. The van der Waals surface area contributed by atoms with E-state index in [1.165, 1.54) is 93.5 Å². The number of esters is 1. The summed E-state index contributed by atoms with van der Waals surface area (Å²) in [5.41, 5.74) is 6.05. The fourth-order valence-corrected chi connectivity index (χ4v) is 7.78. The molecule has 2 aromatic rings. The van der Waals surface area contributed by atoms with Gasteiger partial charge in [-0.15, -0.1) is 0 Å². The number of carbonyl (C=O) groups is 4. The average Bonchev–Trinajstić information content (AvgIpc) is 3.53. The maximum absolute atomic E-state index is 14.3. The Bertz CT molecular complexity index is 1820. The molecule has 2 heterocycles. The first-order valence-corrected chi connectivity index (χ1v) is 21.6. The number of unbranched alkanes of at least 4 members (excludes halogenated alkanes) is 14. The molecule has 2 aliphatic heterocycles. The van der Waals surface area contributed by atoms with Crippen molar-refractivity contribution >= 4 is 23.6 Å². The highest BCUT2D eigenvalue weighted by Gasteiger charge is 2.54. The highest BCUT2D eigenvalue weighted by atomic mass is 19.1. The molecule has 2 aromatic carbocycles. The van der Waals surface area contributed by atoms with E-state index in [1.54, 1.807) is 25.1 Å². The molecule has 4 rings (SSSR count). The molecule has 0 spiro atoms. The molecule has 2 aliphatic rings. The minimum absolute atomic E-state index is 0.0125. The number of halogens is 2. The van der Waals surface area contributed by atoms with Crippen molar-refractivity contribution in [2.75, 3.05) is 20.2 Å². The van der Waals surface area contributed by atoms with Gasteiger partial charge < -0.3 is 30.1 Å². The number of amides is 2. The van der Waals surface area contributed by atoms with Crippen LogP contribution in [-0.2, 0) is 36.9 Å². The molecule has 0 aromatic heterocycles. The zero-order valence-electron chi connectivity index (χ0n) is 35.7. The molecular weight excluding hydrogens is 773 g/mol. The van der Waals surface area contributed by atoms with Gasteiger partial charge in [0, 0.05) is 44.2 Å². The summed E-state index contributed by atoms with van der Waals surface area (Å²) >= 11 is 0. The molecule has 2 amide bonds. The topological polar surface area (TPSA) is 164 Å². The predicted octanol–water partition coefficient (Wildman–Crippen LogP) is 7.25. The lowest BCUT2D eigenvalue weighted by Gasteiger charge is -2.48. The summed E-state index contributed by atoms with van der Waals surface area (Å²) in [6.45, 7) is 7.37. The van der Waals surface area contributed by atoms with Crippen molar-refractivity contribution in [1.82, 2.24) is 20.4 Å². The number of rotatable bonds is 25. The van der Waals surface area contributed by atoms with Crippen LogP contribution in [0.3, 0.4) is 0 Å². The van der Waals surface area contributed by atoms with Crippen molar-refractivity contribution in [3.8, 4) is 0 Å². The average molecular weight is 838 g/mol. The van der Waals surface area contributed by atoms with Crippen LogP contribution in [0.25, 0.3) is 0 Å². The molecule has 14 heteroatoms. The molecule has 0 bridgehead atoms. The number of likely N-dealkylation sites (N-methyl/N-ethyl adjacent to an activating group) is 1. The van der Waals surface area contributed by atoms with Gasteiger partial charge in [-0.1, -0.05) is 128 Å². The van der Waals surface area contributed by atoms with E-state index in [4.69, 9.17) is 15.2 Å². The molecule has 60 heavy (non-hydrogen) atoms. The Morgan fingerprint density at radius 2 is 1.47 bits per heavy atom. The number of aliphatic hydroxyl groups excluding tert-OH is 1. The van der Waals surface area contributed by atoms with Gasteiger partial charge in [0.15, 0.2) is 12.1 Å². The number of hydrogen-bond donors (Lipinski definition) is 4. The summed E-state index contributed by atoms with van der Waals surface area (Å²) < 4.78 is 39.3. The molecule has 5 N–H and O–H groups in total. The van der Waals surface area contributed by atoms with E-state index >= 15 is 0 Å². The van der Waals surface area contributed by atoms with Gasteiger partial charge in [-0.25, -0.2) is 18.5 Å². The molecule has 0 aliphatic carbocycles. The SMILES string of the molecule is C=C(C(=O)NCc1ccc(F)cc1F)C(=O)/C(OC(=O)c1ccccc1CNC(=O)CCCCCCCCCCCCCCCCC)=C1/C(O)N2[C@@H](C)CO[C@]2(N)CN1C. The number of Topliss-reactive ketones (excluding diaryl/α,β-unsaturated/α-hetero) is 1. The number of nitrogens with one attached hydrogen (secondary N) is 2. The molecule has 0 saturated carbocycles. The summed E-state index contributed by atoms with van der Waals surface area (Å²) in [6, 6.07) is 8.85. The van der Waals surface area contributed by atoms with E-state index in [9.17, 15) is 33.1 Å². The Hall–Kier alpha value is -4.50. The van der Waals surface area contributed by atoms with Gasteiger partial charge in [-0.3, -0.25) is 20.1 Å². The van der Waals surface area contributed by atoms with E-state index in [2.05, 4.69) is 24.1 Å². The zero-order chi connectivity index (χ0) is 43.7. The Morgan fingerprint density at radius 3 is 2.08 bits per heavy atom. The molecular formula is C46H65F2N5O7. The largest absolute Gasteiger partial charge is 0.417 e. The highest BCUT2D eigenvalue weighted by Crippen LogP contribution is 2.36. The van der Waals surface area contributed by atoms with Gasteiger partial charge in [0.2, 0.25) is 17.4 Å². The number of hydrogen-bond acceptors (Lipinski definition) is 10. The fraction of sp³-hybridized carbons (Fsp3) is 0.565. The van der Waals surface area contributed by atoms with Gasteiger partial charge in [-0.2, -0.15) is 0 Å². The summed E-state index contributed by atoms with van der Waals surface area (Å²) in [5.74, 6) is -7.11. The van der Waals surface area contributed by atoms with Gasteiger partial charge in [-0.05, 0) is 31.0 Å². The van der Waals surface area contributed by atoms with Crippen molar-refractivity contribution < 1.29 is 42.5 Å². The number of fused-ring (bicyclic) bond motifs is 1. The van der Waals surface area contributed by atoms with Crippen LogP contribution < -0.4 is 16.4 Å². The second-order valence-electron chi connectivity index (χ2n) is 16.1. The normalized spacial score (nSPS) is 19.8. The van der Waals surface area contributed by atoms with Crippen molar-refractivity contribution in [2.24, 2.45) is 5.73 Å². The zero-order valence-corrected chi connectivity index (χ0v) is 35.7. The molecule has 330 valence electrons. The Balaban J connectivity index is 1.35. The fourth-order valence-electron chi connectivity index (χ4n) is 7.78. The van der Waals surface area contributed by atoms with Gasteiger partial charge in [0.1, 0.15) is 17.3 Å². The first kappa shape index (κ1) is 48.2. The minimum atomic E-state index is -1.61. The second-order valence-corrected chi connectivity index (χ2v) is 16.1. The van der Waals surface area contributed by atoms with Crippen molar-refractivity contribution in [1.29, 1.82) is 0 Å². The second kappa shape index (κ2) is 24.1. The number of allylic oxidation sites excluding steroid dienone is 1. The Kier molecular flexibility index (Phi) is 19.3. The summed E-state index contributed by atoms with van der Waals surface area (Å²) in [6.07, 6.45) is 17.2. The Labute approximate surface area is 353 Å². The molecule has 12 nitrogen and oxygen atoms in total. The Morgan fingerprint density at radius 1 is 0.883 bits per heavy atom. The number of nitrogens with two attached hydrogens (primary N) is 1. The third-order valence-corrected chi connectivity index (χ3v) is 11.2. The van der Waals surface area contributed by atoms with Crippen molar-refractivity contribution in [2.45, 2.75) is 148 Å². The van der Waals surface area contributed by atoms with Gasteiger partial charge in [0.05, 0.1) is 24.3 Å². The monoisotopic (exact) mass is 837 g/mol. The standard InChI is InChI=1S/C46H65F2N5O7/c1-5-6-7-8-9-10-11-12-13-14-15-16-17-18-19-24-39(54)50-28-34-22-20-21-23-37(34)45(58)60-42(40-44(57)53-32(2)30-59-46(53,49)31-52(40)4)41(55)33(3)43(56)51-29-35-25-26-36(47)27-38(35)48/h20-23,25-27,32,44,57H,3,5-19,24,28-31,49H2,1-2,4H3,(H,50,54)(H,51,56)/b42-40+/t32-,44?,46-/m0/s1. The lowest BCUT2D eigenvalue weighted by atomic mass is 10.0. The van der Waals surface area contributed by atoms with Crippen LogP contribution in [0.1, 0.15) is 138 Å². The van der Waals surface area contributed by atoms with Crippen molar-refractivity contribution in [3.05, 3.63) is 94.4 Å². The van der Waals surface area contributed by atoms with E-state index in [1.807, 2.05) is 0 Å². The van der Waals surface area contributed by atoms with Crippen molar-refractivity contribution in [3.63, 3.8) is 0 Å². The van der Waals surface area contributed by atoms with Crippen LogP contribution in [0, 0.1) is 11.6 Å². The number of ketones is 1. The third-order valence-electron chi connectivity index (χ3n) is 11.2. The van der Waals surface area contributed by atoms with E-state index < -0.39 is 65.3 Å². The quantitative estimate of drug-likeness (QED) is 0.0200. The van der Waals surface area contributed by atoms with Crippen LogP contribution in [0.4, 0.5) is 8.78 Å².